The maximum atomic E-state index is 13.2. The third kappa shape index (κ3) is 4.38. The number of carbonyl (C=O) groups is 3. The number of nitrogens with one attached hydrogen (secondary N) is 2. The van der Waals surface area contributed by atoms with Gasteiger partial charge in [-0.2, -0.15) is 0 Å². The first-order chi connectivity index (χ1) is 15.1. The molecule has 1 spiro atoms. The average Bonchev–Trinajstić information content (AvgIpc) is 2.98. The van der Waals surface area contributed by atoms with Crippen molar-refractivity contribution in [3.05, 3.63) is 28.8 Å². The van der Waals surface area contributed by atoms with E-state index in [0.29, 0.717) is 23.8 Å². The van der Waals surface area contributed by atoms with Crippen molar-refractivity contribution in [3.63, 3.8) is 0 Å². The summed E-state index contributed by atoms with van der Waals surface area (Å²) in [6, 6.07) is 5.07. The van der Waals surface area contributed by atoms with Gasteiger partial charge in [0.25, 0.3) is 5.91 Å². The van der Waals surface area contributed by atoms with Crippen molar-refractivity contribution in [1.82, 2.24) is 15.5 Å². The Morgan fingerprint density at radius 3 is 2.69 bits per heavy atom. The molecule has 2 aliphatic heterocycles. The number of urea groups is 1. The largest absolute Gasteiger partial charge is 0.348 e. The lowest BCUT2D eigenvalue weighted by atomic mass is 9.65. The van der Waals surface area contributed by atoms with E-state index >= 15 is 0 Å². The first-order valence-electron chi connectivity index (χ1n) is 11.5. The molecular weight excluding hydrogens is 446 g/mol. The van der Waals surface area contributed by atoms with Crippen molar-refractivity contribution in [3.8, 4) is 0 Å². The number of hydrogen-bond donors (Lipinski definition) is 2. The highest BCUT2D eigenvalue weighted by atomic mass is 35.5. The number of thioether (sulfide) groups is 1. The number of imide groups is 1. The zero-order chi connectivity index (χ0) is 23.1. The highest BCUT2D eigenvalue weighted by Crippen LogP contribution is 2.45. The molecule has 4 rings (SSSR count). The second-order valence-corrected chi connectivity index (χ2v) is 11.5. The van der Waals surface area contributed by atoms with E-state index in [-0.39, 0.29) is 29.8 Å². The predicted molar refractivity (Wildman–Crippen MR) is 127 cm³/mol. The predicted octanol–water partition coefficient (Wildman–Crippen LogP) is 4.91. The molecule has 0 aromatic heterocycles. The monoisotopic (exact) mass is 477 g/mol. The number of fused-ring (bicyclic) bond motifs is 1. The van der Waals surface area contributed by atoms with Crippen LogP contribution in [-0.4, -0.2) is 40.6 Å². The van der Waals surface area contributed by atoms with Gasteiger partial charge in [0.15, 0.2) is 0 Å². The highest BCUT2D eigenvalue weighted by molar-refractivity contribution is 7.99. The fourth-order valence-electron chi connectivity index (χ4n) is 5.24. The van der Waals surface area contributed by atoms with Gasteiger partial charge in [0.05, 0.1) is 6.04 Å². The van der Waals surface area contributed by atoms with Crippen LogP contribution < -0.4 is 10.6 Å². The minimum absolute atomic E-state index is 0.168. The molecule has 3 aliphatic rings. The molecule has 1 saturated heterocycles. The quantitative estimate of drug-likeness (QED) is 0.590. The Bertz CT molecular complexity index is 927. The fraction of sp³-hybridized carbons (Fsp3) is 0.625. The van der Waals surface area contributed by atoms with Gasteiger partial charge in [0.1, 0.15) is 12.1 Å². The van der Waals surface area contributed by atoms with Crippen LogP contribution in [0, 0.1) is 11.3 Å². The van der Waals surface area contributed by atoms with E-state index in [1.54, 1.807) is 11.8 Å². The van der Waals surface area contributed by atoms with E-state index < -0.39 is 11.6 Å². The molecule has 1 atom stereocenters. The van der Waals surface area contributed by atoms with Crippen molar-refractivity contribution in [1.29, 1.82) is 0 Å². The van der Waals surface area contributed by atoms with E-state index in [1.807, 2.05) is 18.2 Å². The van der Waals surface area contributed by atoms with Crippen molar-refractivity contribution < 1.29 is 14.4 Å². The SMILES string of the molecule is CCC(C)(C)C1CCC2(CC1)NC(=O)N(CC(=O)NC1CCSc3ccc(Cl)cc31)C2=O. The van der Waals surface area contributed by atoms with Crippen molar-refractivity contribution in [2.24, 2.45) is 11.3 Å². The summed E-state index contributed by atoms with van der Waals surface area (Å²) in [6.45, 7) is 6.49. The summed E-state index contributed by atoms with van der Waals surface area (Å²) in [6.07, 6.45) is 4.95. The van der Waals surface area contributed by atoms with Gasteiger partial charge in [-0.05, 0) is 67.2 Å². The number of nitrogens with zero attached hydrogens (tertiary/aromatic N) is 1. The zero-order valence-electron chi connectivity index (χ0n) is 19.0. The summed E-state index contributed by atoms with van der Waals surface area (Å²) in [5.41, 5.74) is 0.372. The number of rotatable bonds is 5. The van der Waals surface area contributed by atoms with Crippen molar-refractivity contribution >= 4 is 41.2 Å². The number of amides is 4. The van der Waals surface area contributed by atoms with Crippen LogP contribution in [0.15, 0.2) is 23.1 Å². The van der Waals surface area contributed by atoms with Crippen molar-refractivity contribution in [2.75, 3.05) is 12.3 Å². The lowest BCUT2D eigenvalue weighted by molar-refractivity contribution is -0.136. The molecule has 1 saturated carbocycles. The van der Waals surface area contributed by atoms with E-state index in [1.165, 1.54) is 0 Å². The maximum absolute atomic E-state index is 13.2. The molecule has 32 heavy (non-hydrogen) atoms. The topological polar surface area (TPSA) is 78.5 Å². The summed E-state index contributed by atoms with van der Waals surface area (Å²) in [4.78, 5) is 40.9. The van der Waals surface area contributed by atoms with Crippen LogP contribution in [0.3, 0.4) is 0 Å². The molecule has 2 heterocycles. The number of benzene rings is 1. The summed E-state index contributed by atoms with van der Waals surface area (Å²) in [7, 11) is 0. The summed E-state index contributed by atoms with van der Waals surface area (Å²) in [5, 5.41) is 6.57. The molecule has 1 aliphatic carbocycles. The van der Waals surface area contributed by atoms with Gasteiger partial charge in [-0.25, -0.2) is 4.79 Å². The van der Waals surface area contributed by atoms with Gasteiger partial charge in [-0.1, -0.05) is 38.8 Å². The van der Waals surface area contributed by atoms with Gasteiger partial charge >= 0.3 is 6.03 Å². The van der Waals surface area contributed by atoms with E-state index in [2.05, 4.69) is 31.4 Å². The molecule has 2 N–H and O–H groups in total. The van der Waals surface area contributed by atoms with Crippen LogP contribution in [0.4, 0.5) is 4.79 Å². The average molecular weight is 478 g/mol. The van der Waals surface area contributed by atoms with E-state index in [4.69, 9.17) is 11.6 Å². The summed E-state index contributed by atoms with van der Waals surface area (Å²) in [5.74, 6) is 0.847. The van der Waals surface area contributed by atoms with Crippen LogP contribution >= 0.6 is 23.4 Å². The fourth-order valence-corrected chi connectivity index (χ4v) is 6.52. The Labute approximate surface area is 199 Å². The third-order valence-electron chi connectivity index (χ3n) is 7.75. The van der Waals surface area contributed by atoms with Crippen LogP contribution in [0.25, 0.3) is 0 Å². The first kappa shape index (κ1) is 23.4. The second-order valence-electron chi connectivity index (χ2n) is 9.96. The van der Waals surface area contributed by atoms with Crippen LogP contribution in [-0.2, 0) is 9.59 Å². The van der Waals surface area contributed by atoms with E-state index in [0.717, 1.165) is 46.8 Å². The Morgan fingerprint density at radius 1 is 1.28 bits per heavy atom. The molecule has 0 radical (unpaired) electrons. The van der Waals surface area contributed by atoms with Crippen molar-refractivity contribution in [2.45, 2.75) is 75.8 Å². The minimum atomic E-state index is -0.848. The van der Waals surface area contributed by atoms with E-state index in [9.17, 15) is 14.4 Å². The zero-order valence-corrected chi connectivity index (χ0v) is 20.6. The van der Waals surface area contributed by atoms with Gasteiger partial charge in [-0.3, -0.25) is 14.5 Å². The molecular formula is C24H32ClN3O3S. The lowest BCUT2D eigenvalue weighted by Crippen LogP contribution is -2.51. The van der Waals surface area contributed by atoms with Gasteiger partial charge in [-0.15, -0.1) is 11.8 Å². The molecule has 2 fully saturated rings. The maximum Gasteiger partial charge on any atom is 0.325 e. The minimum Gasteiger partial charge on any atom is -0.348 e. The molecule has 8 heteroatoms. The third-order valence-corrected chi connectivity index (χ3v) is 9.11. The van der Waals surface area contributed by atoms with Gasteiger partial charge < -0.3 is 10.6 Å². The van der Waals surface area contributed by atoms with Crippen LogP contribution in [0.5, 0.6) is 0 Å². The van der Waals surface area contributed by atoms with Gasteiger partial charge in [0.2, 0.25) is 5.91 Å². The molecule has 6 nitrogen and oxygen atoms in total. The number of hydrogen-bond acceptors (Lipinski definition) is 4. The Morgan fingerprint density at radius 2 is 2.00 bits per heavy atom. The molecule has 0 bridgehead atoms. The summed E-state index contributed by atoms with van der Waals surface area (Å²) >= 11 is 7.90. The molecule has 4 amide bonds. The number of halogens is 1. The second kappa shape index (κ2) is 8.90. The summed E-state index contributed by atoms with van der Waals surface area (Å²) < 4.78 is 0. The lowest BCUT2D eigenvalue weighted by Gasteiger charge is -2.42. The molecule has 1 aromatic rings. The first-order valence-corrected chi connectivity index (χ1v) is 12.9. The molecule has 1 aromatic carbocycles. The Kier molecular flexibility index (Phi) is 6.52. The highest BCUT2D eigenvalue weighted by Gasteiger charge is 2.53. The van der Waals surface area contributed by atoms with Crippen LogP contribution in [0.2, 0.25) is 5.02 Å². The standard InChI is InChI=1S/C24H32ClN3O3S/c1-4-23(2,3)15-7-10-24(11-8-15)21(30)28(22(31)27-24)14-20(29)26-18-9-12-32-19-6-5-16(25)13-17(18)19/h5-6,13,15,18H,4,7-12,14H2,1-3H3,(H,26,29)(H,27,31). The Balaban J connectivity index is 1.40. The van der Waals surface area contributed by atoms with Crippen LogP contribution in [0.1, 0.15) is 70.9 Å². The Hall–Kier alpha value is -1.73. The normalized spacial score (nSPS) is 27.9. The molecule has 174 valence electrons. The van der Waals surface area contributed by atoms with Gasteiger partial charge in [0, 0.05) is 15.7 Å². The smallest absolute Gasteiger partial charge is 0.325 e. The number of carbonyl (C=O) groups excluding carboxylic acids is 3. The molecule has 1 unspecified atom stereocenters.